The van der Waals surface area contributed by atoms with Crippen molar-refractivity contribution in [3.8, 4) is 21.6 Å². The molecular formula is C24H14N2OS. The number of pyridine rings is 2. The van der Waals surface area contributed by atoms with Crippen molar-refractivity contribution in [3.63, 3.8) is 0 Å². The molecule has 0 fully saturated rings. The zero-order valence-electron chi connectivity index (χ0n) is 14.8. The van der Waals surface area contributed by atoms with Gasteiger partial charge >= 0.3 is 0 Å². The predicted molar refractivity (Wildman–Crippen MR) is 116 cm³/mol. The number of hydrogen-bond acceptors (Lipinski definition) is 4. The van der Waals surface area contributed by atoms with Crippen LogP contribution in [0.4, 0.5) is 0 Å². The monoisotopic (exact) mass is 378 g/mol. The molecule has 6 aromatic rings. The van der Waals surface area contributed by atoms with Crippen molar-refractivity contribution in [1.29, 1.82) is 0 Å². The second kappa shape index (κ2) is 6.01. The number of hydrogen-bond donors (Lipinski definition) is 0. The Hall–Kier alpha value is -3.50. The Bertz CT molecular complexity index is 1470. The Morgan fingerprint density at radius 2 is 1.61 bits per heavy atom. The van der Waals surface area contributed by atoms with Crippen molar-refractivity contribution in [2.75, 3.05) is 0 Å². The Morgan fingerprint density at radius 1 is 0.679 bits per heavy atom. The molecule has 4 aromatic heterocycles. The number of nitrogens with zero attached hydrogens (tertiary/aromatic N) is 2. The maximum atomic E-state index is 5.45. The van der Waals surface area contributed by atoms with Gasteiger partial charge in [0.05, 0.1) is 23.6 Å². The van der Waals surface area contributed by atoms with E-state index in [1.807, 2.05) is 30.8 Å². The highest BCUT2D eigenvalue weighted by Crippen LogP contribution is 2.42. The highest BCUT2D eigenvalue weighted by molar-refractivity contribution is 7.15. The number of furan rings is 1. The molecule has 4 heterocycles. The molecule has 6 rings (SSSR count). The first-order valence-electron chi connectivity index (χ1n) is 9.06. The summed E-state index contributed by atoms with van der Waals surface area (Å²) in [6, 6.07) is 18.8. The normalized spacial score (nSPS) is 11.6. The molecule has 0 saturated heterocycles. The average Bonchev–Trinajstić information content (AvgIpc) is 3.40. The quantitative estimate of drug-likeness (QED) is 0.328. The van der Waals surface area contributed by atoms with Gasteiger partial charge in [0.2, 0.25) is 0 Å². The van der Waals surface area contributed by atoms with Gasteiger partial charge in [0.15, 0.2) is 0 Å². The van der Waals surface area contributed by atoms with Crippen LogP contribution in [-0.2, 0) is 0 Å². The van der Waals surface area contributed by atoms with Gasteiger partial charge in [-0.25, -0.2) is 0 Å². The Labute approximate surface area is 164 Å². The van der Waals surface area contributed by atoms with Crippen LogP contribution in [0.25, 0.3) is 54.1 Å². The van der Waals surface area contributed by atoms with E-state index in [0.717, 1.165) is 27.4 Å². The van der Waals surface area contributed by atoms with Gasteiger partial charge < -0.3 is 4.42 Å². The third kappa shape index (κ3) is 2.22. The van der Waals surface area contributed by atoms with Crippen molar-refractivity contribution in [3.05, 3.63) is 84.9 Å². The Kier molecular flexibility index (Phi) is 3.34. The minimum absolute atomic E-state index is 0.913. The average molecular weight is 378 g/mol. The second-order valence-electron chi connectivity index (χ2n) is 6.74. The Morgan fingerprint density at radius 3 is 2.61 bits per heavy atom. The van der Waals surface area contributed by atoms with E-state index in [1.165, 1.54) is 26.8 Å². The molecule has 0 bridgehead atoms. The molecule has 0 N–H and O–H groups in total. The highest BCUT2D eigenvalue weighted by Gasteiger charge is 2.15. The third-order valence-electron chi connectivity index (χ3n) is 5.20. The summed E-state index contributed by atoms with van der Waals surface area (Å²) >= 11 is 1.77. The lowest BCUT2D eigenvalue weighted by molar-refractivity contribution is 0.572. The van der Waals surface area contributed by atoms with Gasteiger partial charge in [-0.1, -0.05) is 36.4 Å². The molecule has 2 aromatic carbocycles. The maximum Gasteiger partial charge on any atom is 0.0987 e. The van der Waals surface area contributed by atoms with E-state index in [1.54, 1.807) is 17.6 Å². The molecule has 0 amide bonds. The first-order chi connectivity index (χ1) is 13.9. The number of rotatable bonds is 2. The fourth-order valence-electron chi connectivity index (χ4n) is 3.90. The molecule has 0 atom stereocenters. The van der Waals surface area contributed by atoms with Crippen LogP contribution in [0.1, 0.15) is 0 Å². The molecule has 0 saturated carbocycles. The molecule has 0 aliphatic carbocycles. The zero-order chi connectivity index (χ0) is 18.5. The molecule has 28 heavy (non-hydrogen) atoms. The van der Waals surface area contributed by atoms with E-state index in [9.17, 15) is 0 Å². The minimum Gasteiger partial charge on any atom is -0.471 e. The van der Waals surface area contributed by atoms with Crippen LogP contribution >= 0.6 is 11.3 Å². The summed E-state index contributed by atoms with van der Waals surface area (Å²) in [6.07, 6.45) is 7.32. The van der Waals surface area contributed by atoms with Gasteiger partial charge in [0.25, 0.3) is 0 Å². The van der Waals surface area contributed by atoms with Crippen LogP contribution in [0.3, 0.4) is 0 Å². The predicted octanol–water partition coefficient (Wildman–Crippen LogP) is 6.92. The first-order valence-corrected chi connectivity index (χ1v) is 9.94. The minimum atomic E-state index is 0.913. The molecule has 3 nitrogen and oxygen atoms in total. The lowest BCUT2D eigenvalue weighted by Gasteiger charge is -2.08. The standard InChI is InChI=1S/C24H14N2OS/c1-4-15-12-27-13-20(15)18(6-1)24-19-7-2-5-16(21(19)14-28-24)17-9-11-25-22-8-3-10-26-23(17)22/h1-14H. The summed E-state index contributed by atoms with van der Waals surface area (Å²) in [5.74, 6) is 0. The lowest BCUT2D eigenvalue weighted by atomic mass is 9.97. The van der Waals surface area contributed by atoms with Gasteiger partial charge in [-0.15, -0.1) is 11.3 Å². The van der Waals surface area contributed by atoms with Gasteiger partial charge in [-0.05, 0) is 29.1 Å². The summed E-state index contributed by atoms with van der Waals surface area (Å²) < 4.78 is 5.45. The number of fused-ring (bicyclic) bond motifs is 3. The topological polar surface area (TPSA) is 38.9 Å². The van der Waals surface area contributed by atoms with Gasteiger partial charge in [-0.2, -0.15) is 0 Å². The number of aromatic nitrogens is 2. The molecule has 0 spiro atoms. The van der Waals surface area contributed by atoms with Gasteiger partial charge in [-0.3, -0.25) is 9.97 Å². The van der Waals surface area contributed by atoms with Gasteiger partial charge in [0.1, 0.15) is 0 Å². The Balaban J connectivity index is 1.64. The van der Waals surface area contributed by atoms with E-state index in [4.69, 9.17) is 4.42 Å². The summed E-state index contributed by atoms with van der Waals surface area (Å²) in [5, 5.41) is 7.00. The van der Waals surface area contributed by atoms with Crippen LogP contribution in [-0.4, -0.2) is 9.97 Å². The summed E-state index contributed by atoms with van der Waals surface area (Å²) in [4.78, 5) is 10.3. The second-order valence-corrected chi connectivity index (χ2v) is 7.62. The largest absolute Gasteiger partial charge is 0.471 e. The summed E-state index contributed by atoms with van der Waals surface area (Å²) in [7, 11) is 0. The SMILES string of the molecule is c1cc(-c2scc3c(-c4ccnc5cccnc45)cccc23)c2cocc2c1. The maximum absolute atomic E-state index is 5.45. The van der Waals surface area contributed by atoms with E-state index in [2.05, 4.69) is 57.8 Å². The fraction of sp³-hybridized carbons (Fsp3) is 0. The van der Waals surface area contributed by atoms with E-state index >= 15 is 0 Å². The van der Waals surface area contributed by atoms with Crippen molar-refractivity contribution < 1.29 is 4.42 Å². The lowest BCUT2D eigenvalue weighted by Crippen LogP contribution is -1.87. The van der Waals surface area contributed by atoms with Crippen LogP contribution in [0, 0.1) is 0 Å². The fourth-order valence-corrected chi connectivity index (χ4v) is 5.00. The molecule has 0 unspecified atom stereocenters. The highest BCUT2D eigenvalue weighted by atomic mass is 32.1. The van der Waals surface area contributed by atoms with E-state index in [0.29, 0.717) is 0 Å². The van der Waals surface area contributed by atoms with Crippen LogP contribution < -0.4 is 0 Å². The summed E-state index contributed by atoms with van der Waals surface area (Å²) in [6.45, 7) is 0. The van der Waals surface area contributed by atoms with Gasteiger partial charge in [0, 0.05) is 49.9 Å². The first kappa shape index (κ1) is 15.5. The van der Waals surface area contributed by atoms with Crippen molar-refractivity contribution in [2.45, 2.75) is 0 Å². The third-order valence-corrected chi connectivity index (χ3v) is 6.23. The van der Waals surface area contributed by atoms with E-state index < -0.39 is 0 Å². The molecular weight excluding hydrogens is 364 g/mol. The van der Waals surface area contributed by atoms with Crippen molar-refractivity contribution in [2.24, 2.45) is 0 Å². The summed E-state index contributed by atoms with van der Waals surface area (Å²) in [5.41, 5.74) is 5.35. The molecule has 0 aliphatic heterocycles. The molecule has 0 aliphatic rings. The van der Waals surface area contributed by atoms with Crippen molar-refractivity contribution in [1.82, 2.24) is 9.97 Å². The van der Waals surface area contributed by atoms with E-state index in [-0.39, 0.29) is 0 Å². The zero-order valence-corrected chi connectivity index (χ0v) is 15.6. The van der Waals surface area contributed by atoms with Crippen molar-refractivity contribution >= 4 is 43.9 Å². The van der Waals surface area contributed by atoms with Crippen LogP contribution in [0.5, 0.6) is 0 Å². The molecule has 132 valence electrons. The molecule has 4 heteroatoms. The molecule has 0 radical (unpaired) electrons. The number of thiophene rings is 1. The van der Waals surface area contributed by atoms with Crippen LogP contribution in [0.2, 0.25) is 0 Å². The number of benzene rings is 2. The smallest absolute Gasteiger partial charge is 0.0987 e. The van der Waals surface area contributed by atoms with Crippen LogP contribution in [0.15, 0.2) is 89.3 Å².